The fraction of sp³-hybridized carbons (Fsp3) is 0.580. The summed E-state index contributed by atoms with van der Waals surface area (Å²) in [6.07, 6.45) is 1.24. The van der Waals surface area contributed by atoms with Gasteiger partial charge in [-0.1, -0.05) is 111 Å². The summed E-state index contributed by atoms with van der Waals surface area (Å²) in [7, 11) is -1.24. The van der Waals surface area contributed by atoms with Gasteiger partial charge in [-0.2, -0.15) is 0 Å². The molecule has 0 unspecified atom stereocenters. The van der Waals surface area contributed by atoms with E-state index < -0.39 is 104 Å². The van der Waals surface area contributed by atoms with Gasteiger partial charge >= 0.3 is 12.1 Å². The van der Waals surface area contributed by atoms with Crippen LogP contribution in [0.15, 0.2) is 66.2 Å². The molecule has 0 aliphatic heterocycles. The van der Waals surface area contributed by atoms with Crippen molar-refractivity contribution in [3.63, 3.8) is 0 Å². The highest BCUT2D eigenvalue weighted by Crippen LogP contribution is 2.32. The van der Waals surface area contributed by atoms with Gasteiger partial charge in [-0.05, 0) is 81.0 Å². The van der Waals surface area contributed by atoms with Gasteiger partial charge in [0.05, 0.1) is 17.8 Å². The average molecular weight is 998 g/mol. The van der Waals surface area contributed by atoms with Gasteiger partial charge in [0.2, 0.25) is 33.7 Å². The predicted octanol–water partition coefficient (Wildman–Crippen LogP) is 4.66. The average Bonchev–Trinajstić information content (AvgIpc) is 3.24. The number of hydrogen-bond donors (Lipinski definition) is 7. The van der Waals surface area contributed by atoms with E-state index in [9.17, 15) is 42.0 Å². The van der Waals surface area contributed by atoms with Gasteiger partial charge in [-0.15, -0.1) is 0 Å². The second-order valence-corrected chi connectivity index (χ2v) is 22.8. The number of benzene rings is 2. The summed E-state index contributed by atoms with van der Waals surface area (Å²) in [6, 6.07) is 9.50. The van der Waals surface area contributed by atoms with Gasteiger partial charge in [0.15, 0.2) is 0 Å². The second-order valence-electron chi connectivity index (χ2n) is 21.1. The van der Waals surface area contributed by atoms with Gasteiger partial charge in [0, 0.05) is 37.3 Å². The smallest absolute Gasteiger partial charge is 0.410 e. The number of anilines is 1. The van der Waals surface area contributed by atoms with E-state index in [-0.39, 0.29) is 35.9 Å². The standard InChI is InChI=1S/C50H79N9O10S/c1-30(2)37(58(14)45(64)39(48(6,7)8)56-44(63)40(59(15)47(66)69-49(9,10)11)50(12,13)34-20-17-16-18-21-34)28-32(5)41(60)57-70(67,68)29-33-23-25-35(26-24-33)54-42(61)36(22-19-27-53-46(52)65)55-43(62)38(51)31(3)4/h16-18,20-21,23-26,28,30-31,36-40H,19,22,27,29,51H2,1-15H3,(H,54,61)(H,55,62)(H,56,63)(H,57,60)(H3,52,53,65)/b32-28+/t36-,37-,38-,39-,40-/m1/s1. The van der Waals surface area contributed by atoms with Crippen molar-refractivity contribution >= 4 is 57.4 Å². The molecule has 390 valence electrons. The molecule has 2 aromatic rings. The third-order valence-corrected chi connectivity index (χ3v) is 12.8. The Bertz CT molecular complexity index is 2290. The minimum Gasteiger partial charge on any atom is -0.444 e. The summed E-state index contributed by atoms with van der Waals surface area (Å²) in [5.41, 5.74) is 9.82. The van der Waals surface area contributed by atoms with Gasteiger partial charge in [0.1, 0.15) is 23.7 Å². The molecular formula is C50H79N9O10S. The zero-order chi connectivity index (χ0) is 53.7. The maximum Gasteiger partial charge on any atom is 0.410 e. The lowest BCUT2D eigenvalue weighted by atomic mass is 9.76. The van der Waals surface area contributed by atoms with Crippen molar-refractivity contribution in [1.29, 1.82) is 0 Å². The molecule has 9 N–H and O–H groups in total. The van der Waals surface area contributed by atoms with Crippen LogP contribution in [0, 0.1) is 17.3 Å². The quantitative estimate of drug-likeness (QED) is 0.0629. The number of urea groups is 1. The van der Waals surface area contributed by atoms with Crippen LogP contribution in [0.4, 0.5) is 15.3 Å². The Hall–Kier alpha value is -6.02. The summed E-state index contributed by atoms with van der Waals surface area (Å²) in [6.45, 7) is 23.0. The Morgan fingerprint density at radius 1 is 0.771 bits per heavy atom. The van der Waals surface area contributed by atoms with Crippen LogP contribution < -0.4 is 37.5 Å². The number of nitrogens with two attached hydrogens (primary N) is 2. The molecule has 0 fully saturated rings. The van der Waals surface area contributed by atoms with Crippen molar-refractivity contribution in [3.05, 3.63) is 77.4 Å². The Kier molecular flexibility index (Phi) is 21.6. The maximum absolute atomic E-state index is 14.6. The molecule has 0 aromatic heterocycles. The van der Waals surface area contributed by atoms with Crippen molar-refractivity contribution in [2.45, 2.75) is 150 Å². The largest absolute Gasteiger partial charge is 0.444 e. The van der Waals surface area contributed by atoms with Gasteiger partial charge in [0.25, 0.3) is 5.91 Å². The first-order valence-corrected chi connectivity index (χ1v) is 25.1. The molecular weight excluding hydrogens is 919 g/mol. The Morgan fingerprint density at radius 2 is 1.34 bits per heavy atom. The topological polar surface area (TPSA) is 282 Å². The van der Waals surface area contributed by atoms with E-state index in [1.807, 2.05) is 58.0 Å². The summed E-state index contributed by atoms with van der Waals surface area (Å²) in [5, 5.41) is 10.8. The van der Waals surface area contributed by atoms with Gasteiger partial charge in [-0.3, -0.25) is 28.9 Å². The van der Waals surface area contributed by atoms with Crippen LogP contribution in [-0.4, -0.2) is 116 Å². The van der Waals surface area contributed by atoms with E-state index in [2.05, 4.69) is 26.0 Å². The highest BCUT2D eigenvalue weighted by molar-refractivity contribution is 7.89. The molecule has 5 atom stereocenters. The molecule has 2 aromatic carbocycles. The van der Waals surface area contributed by atoms with Crippen molar-refractivity contribution in [2.24, 2.45) is 28.7 Å². The number of carbonyl (C=O) groups is 7. The van der Waals surface area contributed by atoms with E-state index in [0.717, 1.165) is 5.56 Å². The van der Waals surface area contributed by atoms with E-state index in [4.69, 9.17) is 16.2 Å². The highest BCUT2D eigenvalue weighted by Gasteiger charge is 2.46. The number of hydrogen-bond acceptors (Lipinski definition) is 11. The molecule has 20 heteroatoms. The van der Waals surface area contributed by atoms with E-state index in [1.165, 1.54) is 54.1 Å². The number of ether oxygens (including phenoxy) is 1. The SMILES string of the molecule is C/C(=C\[C@H](C(C)C)N(C)C(=O)[C@@H](NC(=O)[C@@H](N(C)C(=O)OC(C)(C)C)C(C)(C)c1ccccc1)C(C)(C)C)C(=O)NS(=O)(=O)Cc1ccc(NC(=O)[C@@H](CCCNC(N)=O)NC(=O)[C@H](N)C(C)C)cc1. The zero-order valence-electron chi connectivity index (χ0n) is 43.7. The summed E-state index contributed by atoms with van der Waals surface area (Å²) in [4.78, 5) is 95.9. The Labute approximate surface area is 415 Å². The van der Waals surface area contributed by atoms with Crippen LogP contribution in [0.1, 0.15) is 114 Å². The van der Waals surface area contributed by atoms with Gasteiger partial charge < -0.3 is 42.4 Å². The third-order valence-electron chi connectivity index (χ3n) is 11.6. The minimum atomic E-state index is -4.27. The molecule has 0 spiro atoms. The number of nitrogens with zero attached hydrogens (tertiary/aromatic N) is 2. The number of likely N-dealkylation sites (N-methyl/N-ethyl adjacent to an activating group) is 2. The maximum atomic E-state index is 14.6. The highest BCUT2D eigenvalue weighted by atomic mass is 32.2. The summed E-state index contributed by atoms with van der Waals surface area (Å²) < 4.78 is 34.4. The molecule has 19 nitrogen and oxygen atoms in total. The molecule has 0 bridgehead atoms. The molecule has 2 rings (SSSR count). The molecule has 0 aliphatic rings. The van der Waals surface area contributed by atoms with Crippen LogP contribution in [0.5, 0.6) is 0 Å². The molecule has 8 amide bonds. The normalized spacial score (nSPS) is 14.6. The molecule has 0 aliphatic carbocycles. The van der Waals surface area contributed by atoms with Crippen LogP contribution in [0.2, 0.25) is 0 Å². The third kappa shape index (κ3) is 18.4. The monoisotopic (exact) mass is 998 g/mol. The lowest BCUT2D eigenvalue weighted by Crippen LogP contribution is -2.63. The Morgan fingerprint density at radius 3 is 1.84 bits per heavy atom. The van der Waals surface area contributed by atoms with Crippen LogP contribution in [-0.2, 0) is 49.9 Å². The number of amides is 8. The molecule has 0 saturated heterocycles. The minimum absolute atomic E-state index is 0.0152. The fourth-order valence-corrected chi connectivity index (χ4v) is 8.65. The number of rotatable bonds is 22. The fourth-order valence-electron chi connectivity index (χ4n) is 7.50. The predicted molar refractivity (Wildman–Crippen MR) is 271 cm³/mol. The lowest BCUT2D eigenvalue weighted by molar-refractivity contribution is -0.141. The van der Waals surface area contributed by atoms with Gasteiger partial charge in [-0.25, -0.2) is 22.7 Å². The number of sulfonamides is 1. The summed E-state index contributed by atoms with van der Waals surface area (Å²) in [5.74, 6) is -4.16. The zero-order valence-corrected chi connectivity index (χ0v) is 44.5. The van der Waals surface area contributed by atoms with Crippen LogP contribution in [0.3, 0.4) is 0 Å². The Balaban J connectivity index is 2.31. The van der Waals surface area contributed by atoms with Crippen molar-refractivity contribution in [3.8, 4) is 0 Å². The van der Waals surface area contributed by atoms with Crippen LogP contribution in [0.25, 0.3) is 0 Å². The second kappa shape index (κ2) is 25.2. The number of carbonyl (C=O) groups excluding carboxylic acids is 7. The van der Waals surface area contributed by atoms with Crippen LogP contribution >= 0.6 is 0 Å². The number of nitrogens with one attached hydrogen (secondary N) is 5. The van der Waals surface area contributed by atoms with E-state index in [1.54, 1.807) is 62.4 Å². The first kappa shape index (κ1) is 60.1. The van der Waals surface area contributed by atoms with Crippen molar-refractivity contribution in [2.75, 3.05) is 26.0 Å². The summed E-state index contributed by atoms with van der Waals surface area (Å²) >= 11 is 0. The van der Waals surface area contributed by atoms with E-state index in [0.29, 0.717) is 12.1 Å². The molecule has 0 radical (unpaired) electrons. The first-order valence-electron chi connectivity index (χ1n) is 23.4. The van der Waals surface area contributed by atoms with E-state index >= 15 is 0 Å². The van der Waals surface area contributed by atoms with Crippen molar-refractivity contribution in [1.82, 2.24) is 30.5 Å². The van der Waals surface area contributed by atoms with Crippen molar-refractivity contribution < 1.29 is 46.7 Å². The molecule has 0 saturated carbocycles. The molecule has 0 heterocycles. The number of primary amides is 1. The lowest BCUT2D eigenvalue weighted by Gasteiger charge is -2.42. The first-order chi connectivity index (χ1) is 32.1. The molecule has 70 heavy (non-hydrogen) atoms.